The number of aliphatic carboxylic acids is 2. The normalized spacial score (nSPS) is 42.7. The Bertz CT molecular complexity index is 788. The second-order valence-corrected chi connectivity index (χ2v) is 10.2. The third-order valence-corrected chi connectivity index (χ3v) is 8.94. The van der Waals surface area contributed by atoms with Crippen molar-refractivity contribution >= 4 is 17.8 Å². The molecule has 0 radical (unpaired) electrons. The summed E-state index contributed by atoms with van der Waals surface area (Å²) in [6.45, 7) is 6.64. The van der Waals surface area contributed by atoms with Crippen LogP contribution in [0.1, 0.15) is 65.7 Å². The number of rotatable bonds is 3. The van der Waals surface area contributed by atoms with E-state index in [2.05, 4.69) is 13.8 Å². The first-order chi connectivity index (χ1) is 13.0. The molecule has 1 heterocycles. The van der Waals surface area contributed by atoms with Crippen LogP contribution in [0.4, 0.5) is 0 Å². The highest BCUT2D eigenvalue weighted by Crippen LogP contribution is 2.68. The van der Waals surface area contributed by atoms with Gasteiger partial charge in [-0.1, -0.05) is 20.3 Å². The zero-order chi connectivity index (χ0) is 20.5. The molecule has 154 valence electrons. The van der Waals surface area contributed by atoms with E-state index in [1.165, 1.54) is 4.90 Å². The summed E-state index contributed by atoms with van der Waals surface area (Å²) in [5.41, 5.74) is 1.10. The fraction of sp³-hybridized carbons (Fsp3) is 0.773. The van der Waals surface area contributed by atoms with Crippen molar-refractivity contribution in [2.45, 2.75) is 65.7 Å². The number of hydrogen-bond donors (Lipinski definition) is 2. The molecule has 5 atom stereocenters. The fourth-order valence-electron chi connectivity index (χ4n) is 7.63. The first-order valence-electron chi connectivity index (χ1n) is 10.5. The fourth-order valence-corrected chi connectivity index (χ4v) is 7.63. The maximum Gasteiger partial charge on any atom is 0.323 e. The quantitative estimate of drug-likeness (QED) is 0.772. The highest BCUT2D eigenvalue weighted by atomic mass is 16.4. The lowest BCUT2D eigenvalue weighted by Gasteiger charge is -2.63. The molecule has 4 aliphatic rings. The van der Waals surface area contributed by atoms with Gasteiger partial charge in [0.05, 0.1) is 5.41 Å². The van der Waals surface area contributed by atoms with Gasteiger partial charge < -0.3 is 15.1 Å². The van der Waals surface area contributed by atoms with Crippen molar-refractivity contribution < 1.29 is 24.6 Å². The Morgan fingerprint density at radius 3 is 2.43 bits per heavy atom. The van der Waals surface area contributed by atoms with E-state index in [-0.39, 0.29) is 29.2 Å². The molecule has 2 saturated carbocycles. The van der Waals surface area contributed by atoms with Crippen molar-refractivity contribution in [2.75, 3.05) is 13.1 Å². The second kappa shape index (κ2) is 6.07. The predicted molar refractivity (Wildman–Crippen MR) is 102 cm³/mol. The summed E-state index contributed by atoms with van der Waals surface area (Å²) >= 11 is 0. The molecule has 2 N–H and O–H groups in total. The molecule has 1 amide bonds. The monoisotopic (exact) mass is 389 g/mol. The molecule has 28 heavy (non-hydrogen) atoms. The molecule has 3 aliphatic carbocycles. The topological polar surface area (TPSA) is 94.9 Å². The average molecular weight is 389 g/mol. The molecule has 0 bridgehead atoms. The lowest BCUT2D eigenvalue weighted by Crippen LogP contribution is -2.58. The van der Waals surface area contributed by atoms with Gasteiger partial charge in [-0.25, -0.2) is 0 Å². The summed E-state index contributed by atoms with van der Waals surface area (Å²) in [6, 6.07) is 0. The van der Waals surface area contributed by atoms with Gasteiger partial charge in [-0.05, 0) is 73.7 Å². The van der Waals surface area contributed by atoms with Crippen LogP contribution < -0.4 is 0 Å². The maximum absolute atomic E-state index is 12.8. The summed E-state index contributed by atoms with van der Waals surface area (Å²) in [4.78, 5) is 37.6. The zero-order valence-corrected chi connectivity index (χ0v) is 17.1. The van der Waals surface area contributed by atoms with Crippen molar-refractivity contribution in [3.63, 3.8) is 0 Å². The van der Waals surface area contributed by atoms with E-state index in [4.69, 9.17) is 5.11 Å². The van der Waals surface area contributed by atoms with Crippen molar-refractivity contribution in [2.24, 2.45) is 28.1 Å². The Morgan fingerprint density at radius 1 is 1.07 bits per heavy atom. The molecule has 0 aromatic rings. The third kappa shape index (κ3) is 2.42. The number of carboxylic acids is 2. The molecule has 0 aromatic carbocycles. The van der Waals surface area contributed by atoms with Crippen LogP contribution in [0.2, 0.25) is 0 Å². The van der Waals surface area contributed by atoms with Crippen LogP contribution in [-0.2, 0) is 14.4 Å². The lowest BCUT2D eigenvalue weighted by atomic mass is 9.40. The standard InChI is InChI=1S/C22H31NO5/c1-20-10-7-16-21(2,8-4-9-22(16,3)19(27)28)15(20)6-5-13-14(20)11-23(18(13)26)12-17(24)25/h15-16H,4-12H2,1-3H3,(H,24,25)(H,27,28)/t15?,16?,20-,21+,22-/m0/s1. The number of carbonyl (C=O) groups is 3. The zero-order valence-electron chi connectivity index (χ0n) is 17.1. The van der Waals surface area contributed by atoms with Crippen LogP contribution in [0.3, 0.4) is 0 Å². The summed E-state index contributed by atoms with van der Waals surface area (Å²) in [7, 11) is 0. The number of carboxylic acid groups (broad SMARTS) is 2. The van der Waals surface area contributed by atoms with E-state index in [1.54, 1.807) is 0 Å². The van der Waals surface area contributed by atoms with Crippen LogP contribution in [0.5, 0.6) is 0 Å². The molecular formula is C22H31NO5. The largest absolute Gasteiger partial charge is 0.481 e. The van der Waals surface area contributed by atoms with E-state index < -0.39 is 17.4 Å². The van der Waals surface area contributed by atoms with Crippen LogP contribution in [0.25, 0.3) is 0 Å². The van der Waals surface area contributed by atoms with Crippen molar-refractivity contribution in [3.8, 4) is 0 Å². The maximum atomic E-state index is 12.8. The van der Waals surface area contributed by atoms with E-state index in [9.17, 15) is 19.5 Å². The molecular weight excluding hydrogens is 358 g/mol. The Labute approximate surface area is 166 Å². The Morgan fingerprint density at radius 2 is 1.79 bits per heavy atom. The summed E-state index contributed by atoms with van der Waals surface area (Å²) in [5.74, 6) is -1.27. The highest BCUT2D eigenvalue weighted by molar-refractivity contribution is 5.99. The van der Waals surface area contributed by atoms with E-state index >= 15 is 0 Å². The van der Waals surface area contributed by atoms with E-state index in [0.29, 0.717) is 18.9 Å². The van der Waals surface area contributed by atoms with Gasteiger partial charge in [0, 0.05) is 12.1 Å². The summed E-state index contributed by atoms with van der Waals surface area (Å²) in [6.07, 6.45) is 6.03. The first-order valence-corrected chi connectivity index (χ1v) is 10.5. The van der Waals surface area contributed by atoms with Gasteiger partial charge in [0.25, 0.3) is 5.91 Å². The SMILES string of the molecule is C[C@]12CCC[C@](C)(C(=O)O)C1CC[C@@]1(C)C3=C(CCC21)C(=O)N(CC(=O)O)C3. The number of amides is 1. The summed E-state index contributed by atoms with van der Waals surface area (Å²) < 4.78 is 0. The predicted octanol–water partition coefficient (Wildman–Crippen LogP) is 3.32. The second-order valence-electron chi connectivity index (χ2n) is 10.2. The summed E-state index contributed by atoms with van der Waals surface area (Å²) in [5, 5.41) is 19.2. The van der Waals surface area contributed by atoms with E-state index in [1.807, 2.05) is 6.92 Å². The Kier molecular flexibility index (Phi) is 4.22. The molecule has 2 unspecified atom stereocenters. The molecule has 0 spiro atoms. The molecule has 6 heteroatoms. The first kappa shape index (κ1) is 19.5. The molecule has 2 fully saturated rings. The minimum Gasteiger partial charge on any atom is -0.481 e. The van der Waals surface area contributed by atoms with Crippen LogP contribution in [-0.4, -0.2) is 46.0 Å². The minimum absolute atomic E-state index is 0.0554. The van der Waals surface area contributed by atoms with Gasteiger partial charge in [-0.2, -0.15) is 0 Å². The molecule has 6 nitrogen and oxygen atoms in total. The van der Waals surface area contributed by atoms with Crippen LogP contribution in [0.15, 0.2) is 11.1 Å². The van der Waals surface area contributed by atoms with Gasteiger partial charge in [0.1, 0.15) is 6.54 Å². The Balaban J connectivity index is 1.71. The van der Waals surface area contributed by atoms with Crippen molar-refractivity contribution in [1.29, 1.82) is 0 Å². The minimum atomic E-state index is -0.977. The molecule has 4 rings (SSSR count). The van der Waals surface area contributed by atoms with Crippen LogP contribution in [0, 0.1) is 28.1 Å². The molecule has 0 aromatic heterocycles. The molecule has 0 saturated heterocycles. The number of nitrogens with zero attached hydrogens (tertiary/aromatic N) is 1. The number of carbonyl (C=O) groups excluding carboxylic acids is 1. The van der Waals surface area contributed by atoms with Crippen molar-refractivity contribution in [3.05, 3.63) is 11.1 Å². The number of hydrogen-bond acceptors (Lipinski definition) is 3. The Hall–Kier alpha value is -1.85. The van der Waals surface area contributed by atoms with Gasteiger partial charge in [-0.15, -0.1) is 0 Å². The number of fused-ring (bicyclic) bond motifs is 4. The van der Waals surface area contributed by atoms with Gasteiger partial charge >= 0.3 is 11.9 Å². The molecule has 1 aliphatic heterocycles. The van der Waals surface area contributed by atoms with Gasteiger partial charge in [0.2, 0.25) is 0 Å². The van der Waals surface area contributed by atoms with Gasteiger partial charge in [0.15, 0.2) is 0 Å². The van der Waals surface area contributed by atoms with Gasteiger partial charge in [-0.3, -0.25) is 14.4 Å². The highest BCUT2D eigenvalue weighted by Gasteiger charge is 2.63. The smallest absolute Gasteiger partial charge is 0.323 e. The third-order valence-electron chi connectivity index (χ3n) is 8.94. The lowest BCUT2D eigenvalue weighted by molar-refractivity contribution is -0.175. The van der Waals surface area contributed by atoms with Crippen LogP contribution >= 0.6 is 0 Å². The van der Waals surface area contributed by atoms with E-state index in [0.717, 1.165) is 49.7 Å². The average Bonchev–Trinajstić information content (AvgIpc) is 2.91. The van der Waals surface area contributed by atoms with Crippen molar-refractivity contribution in [1.82, 2.24) is 4.90 Å².